The highest BCUT2D eigenvalue weighted by molar-refractivity contribution is 7.99. The van der Waals surface area contributed by atoms with E-state index in [9.17, 15) is 9.90 Å². The summed E-state index contributed by atoms with van der Waals surface area (Å²) in [5, 5.41) is 21.5. The normalized spacial score (nSPS) is 23.6. The number of phenolic OH excluding ortho intramolecular Hbond substituents is 1. The predicted molar refractivity (Wildman–Crippen MR) is 69.0 cm³/mol. The number of hydrogen-bond acceptors (Lipinski definition) is 5. The van der Waals surface area contributed by atoms with Crippen molar-refractivity contribution in [2.45, 2.75) is 17.8 Å². The minimum absolute atomic E-state index is 0.0804. The van der Waals surface area contributed by atoms with E-state index in [1.54, 1.807) is 30.0 Å². The first-order valence-electron chi connectivity index (χ1n) is 5.59. The van der Waals surface area contributed by atoms with Gasteiger partial charge in [0.25, 0.3) is 0 Å². The summed E-state index contributed by atoms with van der Waals surface area (Å²) in [6.07, 6.45) is 0.617. The van der Waals surface area contributed by atoms with Crippen molar-refractivity contribution in [1.82, 2.24) is 5.32 Å². The molecule has 6 heteroatoms. The number of hydrogen-bond donors (Lipinski definition) is 3. The highest BCUT2D eigenvalue weighted by Gasteiger charge is 2.27. The van der Waals surface area contributed by atoms with E-state index < -0.39 is 12.0 Å². The van der Waals surface area contributed by atoms with Crippen LogP contribution >= 0.6 is 11.8 Å². The van der Waals surface area contributed by atoms with E-state index in [0.717, 1.165) is 11.3 Å². The average Bonchev–Trinajstić information content (AvgIpc) is 2.39. The maximum Gasteiger partial charge on any atom is 0.320 e. The van der Waals surface area contributed by atoms with Gasteiger partial charge in [0.15, 0.2) is 11.5 Å². The lowest BCUT2D eigenvalue weighted by Crippen LogP contribution is -2.41. The second-order valence-corrected chi connectivity index (χ2v) is 5.24. The Bertz CT molecular complexity index is 452. The molecule has 1 aromatic carbocycles. The maximum absolute atomic E-state index is 11.0. The fourth-order valence-electron chi connectivity index (χ4n) is 1.86. The van der Waals surface area contributed by atoms with E-state index in [-0.39, 0.29) is 11.1 Å². The highest BCUT2D eigenvalue weighted by Crippen LogP contribution is 2.36. The number of carboxylic acids is 1. The van der Waals surface area contributed by atoms with Crippen molar-refractivity contribution in [3.05, 3.63) is 23.8 Å². The molecule has 2 atom stereocenters. The van der Waals surface area contributed by atoms with E-state index in [0.29, 0.717) is 12.2 Å². The van der Waals surface area contributed by atoms with Crippen LogP contribution in [0.3, 0.4) is 0 Å². The molecule has 18 heavy (non-hydrogen) atoms. The van der Waals surface area contributed by atoms with Crippen LogP contribution in [0.4, 0.5) is 0 Å². The third-order valence-corrected chi connectivity index (χ3v) is 4.06. The molecule has 2 rings (SSSR count). The maximum atomic E-state index is 11.0. The molecule has 1 heterocycles. The van der Waals surface area contributed by atoms with Gasteiger partial charge < -0.3 is 14.9 Å². The molecular formula is C12H15NO4S. The number of carboxylic acid groups (broad SMARTS) is 1. The first-order valence-corrected chi connectivity index (χ1v) is 6.64. The van der Waals surface area contributed by atoms with Crippen molar-refractivity contribution in [1.29, 1.82) is 0 Å². The summed E-state index contributed by atoms with van der Waals surface area (Å²) in [6.45, 7) is 0. The summed E-state index contributed by atoms with van der Waals surface area (Å²) in [5.74, 6) is 0.438. The van der Waals surface area contributed by atoms with Gasteiger partial charge in [-0.2, -0.15) is 0 Å². The summed E-state index contributed by atoms with van der Waals surface area (Å²) in [5.41, 5.74) is 0.903. The Balaban J connectivity index is 2.18. The van der Waals surface area contributed by atoms with Crippen LogP contribution in [0.1, 0.15) is 17.4 Å². The number of rotatable bonds is 3. The Hall–Kier alpha value is -1.40. The molecule has 0 saturated carbocycles. The molecule has 0 spiro atoms. The first kappa shape index (κ1) is 13.0. The first-order chi connectivity index (χ1) is 8.61. The van der Waals surface area contributed by atoms with Gasteiger partial charge in [-0.3, -0.25) is 10.1 Å². The van der Waals surface area contributed by atoms with Crippen molar-refractivity contribution in [3.63, 3.8) is 0 Å². The molecule has 1 aliphatic heterocycles. The van der Waals surface area contributed by atoms with Gasteiger partial charge in [-0.15, -0.1) is 11.8 Å². The van der Waals surface area contributed by atoms with Gasteiger partial charge >= 0.3 is 5.97 Å². The molecular weight excluding hydrogens is 254 g/mol. The van der Waals surface area contributed by atoms with Crippen LogP contribution in [-0.4, -0.2) is 35.1 Å². The van der Waals surface area contributed by atoms with E-state index in [1.165, 1.54) is 7.11 Å². The Morgan fingerprint density at radius 2 is 2.33 bits per heavy atom. The average molecular weight is 269 g/mol. The third-order valence-electron chi connectivity index (χ3n) is 2.85. The van der Waals surface area contributed by atoms with Gasteiger partial charge in [-0.05, 0) is 29.9 Å². The lowest BCUT2D eigenvalue weighted by Gasteiger charge is -2.28. The summed E-state index contributed by atoms with van der Waals surface area (Å²) in [4.78, 5) is 11.0. The molecule has 0 aliphatic carbocycles. The van der Waals surface area contributed by atoms with Gasteiger partial charge in [0.05, 0.1) is 12.5 Å². The van der Waals surface area contributed by atoms with E-state index in [4.69, 9.17) is 9.84 Å². The summed E-state index contributed by atoms with van der Waals surface area (Å²) >= 11 is 1.65. The highest BCUT2D eigenvalue weighted by atomic mass is 32.2. The van der Waals surface area contributed by atoms with Crippen LogP contribution in [0.15, 0.2) is 18.2 Å². The fourth-order valence-corrected chi connectivity index (χ4v) is 3.07. The molecule has 1 aliphatic rings. The molecule has 98 valence electrons. The number of aromatic hydroxyl groups is 1. The van der Waals surface area contributed by atoms with Gasteiger partial charge in [-0.1, -0.05) is 6.07 Å². The smallest absolute Gasteiger partial charge is 0.320 e. The zero-order valence-electron chi connectivity index (χ0n) is 9.92. The van der Waals surface area contributed by atoms with Crippen molar-refractivity contribution in [2.24, 2.45) is 0 Å². The van der Waals surface area contributed by atoms with Crippen LogP contribution in [0.5, 0.6) is 11.5 Å². The number of ether oxygens (including phenoxy) is 1. The molecule has 0 aromatic heterocycles. The van der Waals surface area contributed by atoms with Crippen molar-refractivity contribution in [3.8, 4) is 11.5 Å². The Morgan fingerprint density at radius 1 is 1.56 bits per heavy atom. The van der Waals surface area contributed by atoms with E-state index >= 15 is 0 Å². The second kappa shape index (κ2) is 5.49. The number of thioether (sulfide) groups is 1. The largest absolute Gasteiger partial charge is 0.504 e. The Morgan fingerprint density at radius 3 is 3.00 bits per heavy atom. The standard InChI is InChI=1S/C12H15NO4S/c1-17-10-6-7(2-3-9(10)14)11-13-8(12(15)16)4-5-18-11/h2-3,6,8,11,13-14H,4-5H2,1H3,(H,15,16). The van der Waals surface area contributed by atoms with Crippen LogP contribution in [0.2, 0.25) is 0 Å². The van der Waals surface area contributed by atoms with Crippen molar-refractivity contribution >= 4 is 17.7 Å². The van der Waals surface area contributed by atoms with E-state index in [2.05, 4.69) is 5.32 Å². The summed E-state index contributed by atoms with van der Waals surface area (Å²) in [6, 6.07) is 4.54. The minimum Gasteiger partial charge on any atom is -0.504 e. The van der Waals surface area contributed by atoms with Crippen LogP contribution in [0.25, 0.3) is 0 Å². The number of phenols is 1. The van der Waals surface area contributed by atoms with Crippen LogP contribution in [0, 0.1) is 0 Å². The Labute approximate surface area is 109 Å². The zero-order chi connectivity index (χ0) is 13.1. The summed E-state index contributed by atoms with van der Waals surface area (Å²) in [7, 11) is 1.49. The number of carbonyl (C=O) groups is 1. The number of methoxy groups -OCH3 is 1. The van der Waals surface area contributed by atoms with Crippen molar-refractivity contribution < 1.29 is 19.7 Å². The molecule has 0 radical (unpaired) electrons. The lowest BCUT2D eigenvalue weighted by molar-refractivity contribution is -0.139. The number of benzene rings is 1. The fraction of sp³-hybridized carbons (Fsp3) is 0.417. The summed E-state index contributed by atoms with van der Waals surface area (Å²) < 4.78 is 5.05. The topological polar surface area (TPSA) is 78.8 Å². The van der Waals surface area contributed by atoms with E-state index in [1.807, 2.05) is 0 Å². The lowest BCUT2D eigenvalue weighted by atomic mass is 10.1. The Kier molecular flexibility index (Phi) is 3.98. The molecule has 1 aromatic rings. The van der Waals surface area contributed by atoms with Gasteiger partial charge in [-0.25, -0.2) is 0 Å². The predicted octanol–water partition coefficient (Wildman–Crippen LogP) is 1.58. The van der Waals surface area contributed by atoms with Gasteiger partial charge in [0.1, 0.15) is 6.04 Å². The molecule has 0 amide bonds. The molecule has 1 fully saturated rings. The molecule has 0 bridgehead atoms. The third kappa shape index (κ3) is 2.70. The van der Waals surface area contributed by atoms with Crippen LogP contribution in [-0.2, 0) is 4.79 Å². The van der Waals surface area contributed by atoms with Gasteiger partial charge in [0, 0.05) is 0 Å². The van der Waals surface area contributed by atoms with Crippen molar-refractivity contribution in [2.75, 3.05) is 12.9 Å². The zero-order valence-corrected chi connectivity index (χ0v) is 10.7. The minimum atomic E-state index is -0.828. The number of nitrogens with one attached hydrogen (secondary N) is 1. The molecule has 2 unspecified atom stereocenters. The van der Waals surface area contributed by atoms with Crippen LogP contribution < -0.4 is 10.1 Å². The molecule has 5 nitrogen and oxygen atoms in total. The quantitative estimate of drug-likeness (QED) is 0.773. The SMILES string of the molecule is COc1cc(C2NC(C(=O)O)CCS2)ccc1O. The number of aliphatic carboxylic acids is 1. The second-order valence-electron chi connectivity index (χ2n) is 4.03. The molecule has 1 saturated heterocycles. The molecule has 3 N–H and O–H groups in total. The monoisotopic (exact) mass is 269 g/mol. The van der Waals surface area contributed by atoms with Gasteiger partial charge in [0.2, 0.25) is 0 Å².